The topological polar surface area (TPSA) is 12.4 Å². The van der Waals surface area contributed by atoms with Crippen LogP contribution in [-0.4, -0.2) is 12.3 Å². The van der Waals surface area contributed by atoms with E-state index in [-0.39, 0.29) is 0 Å². The summed E-state index contributed by atoms with van der Waals surface area (Å²) in [6.07, 6.45) is 3.42. The Kier molecular flexibility index (Phi) is 0.473. The van der Waals surface area contributed by atoms with E-state index in [1.807, 2.05) is 0 Å². The van der Waals surface area contributed by atoms with Crippen LogP contribution in [0.1, 0.15) is 13.3 Å². The maximum absolute atomic E-state index is 4.17. The molecule has 2 aliphatic rings. The summed E-state index contributed by atoms with van der Waals surface area (Å²) in [5.41, 5.74) is 0. The highest BCUT2D eigenvalue weighted by molar-refractivity contribution is 5.74. The highest BCUT2D eigenvalue weighted by Crippen LogP contribution is 2.48. The molecule has 1 aliphatic carbocycles. The Labute approximate surface area is 43.4 Å². The Morgan fingerprint density at radius 1 is 1.71 bits per heavy atom. The summed E-state index contributed by atoms with van der Waals surface area (Å²) in [5, 5.41) is 0. The highest BCUT2D eigenvalue weighted by Gasteiger charge is 2.52. The number of nitrogens with zero attached hydrogens (tertiary/aromatic N) is 1. The molecule has 1 saturated carbocycles. The van der Waals surface area contributed by atoms with Gasteiger partial charge in [-0.1, -0.05) is 13.3 Å². The molecule has 0 aromatic rings. The van der Waals surface area contributed by atoms with E-state index in [1.165, 1.54) is 6.42 Å². The molecule has 0 radical (unpaired) electrons. The van der Waals surface area contributed by atoms with Crippen molar-refractivity contribution in [3.05, 3.63) is 0 Å². The molecule has 2 rings (SSSR count). The fourth-order valence-corrected chi connectivity index (χ4v) is 1.40. The second kappa shape index (κ2) is 0.908. The van der Waals surface area contributed by atoms with E-state index in [0.717, 1.165) is 17.9 Å². The Balaban J connectivity index is 2.02. The van der Waals surface area contributed by atoms with Crippen LogP contribution in [0.3, 0.4) is 0 Å². The highest BCUT2D eigenvalue weighted by atomic mass is 15.0. The van der Waals surface area contributed by atoms with Crippen molar-refractivity contribution in [2.24, 2.45) is 16.8 Å². The summed E-state index contributed by atoms with van der Waals surface area (Å²) in [6, 6.07) is 0.782. The van der Waals surface area contributed by atoms with Crippen LogP contribution in [0.4, 0.5) is 0 Å². The van der Waals surface area contributed by atoms with E-state index < -0.39 is 0 Å². The van der Waals surface area contributed by atoms with Gasteiger partial charge in [0.05, 0.1) is 6.04 Å². The molecule has 0 aromatic heterocycles. The summed E-state index contributed by atoms with van der Waals surface area (Å²) < 4.78 is 0. The van der Waals surface area contributed by atoms with Gasteiger partial charge in [0.15, 0.2) is 0 Å². The van der Waals surface area contributed by atoms with Crippen LogP contribution in [0.25, 0.3) is 0 Å². The first kappa shape index (κ1) is 3.65. The summed E-state index contributed by atoms with van der Waals surface area (Å²) in [6.45, 7) is 2.24. The third-order valence-electron chi connectivity index (χ3n) is 2.09. The van der Waals surface area contributed by atoms with Crippen molar-refractivity contribution in [1.82, 2.24) is 0 Å². The zero-order chi connectivity index (χ0) is 4.85. The minimum absolute atomic E-state index is 0.782. The van der Waals surface area contributed by atoms with E-state index in [1.54, 1.807) is 0 Å². The van der Waals surface area contributed by atoms with Crippen LogP contribution in [0.5, 0.6) is 0 Å². The lowest BCUT2D eigenvalue weighted by Gasteiger charge is -1.91. The second-order valence-electron chi connectivity index (χ2n) is 2.44. The van der Waals surface area contributed by atoms with Gasteiger partial charge in [-0.25, -0.2) is 0 Å². The molecule has 1 fully saturated rings. The molecule has 1 heterocycles. The second-order valence-corrected chi connectivity index (χ2v) is 2.44. The first-order chi connectivity index (χ1) is 3.43. The first-order valence-electron chi connectivity index (χ1n) is 2.97. The van der Waals surface area contributed by atoms with E-state index in [0.29, 0.717) is 0 Å². The van der Waals surface area contributed by atoms with Crippen molar-refractivity contribution < 1.29 is 0 Å². The molecule has 0 spiro atoms. The molecule has 0 aromatic carbocycles. The zero-order valence-corrected chi connectivity index (χ0v) is 4.46. The molecule has 3 unspecified atom stereocenters. The van der Waals surface area contributed by atoms with Crippen molar-refractivity contribution in [3.63, 3.8) is 0 Å². The lowest BCUT2D eigenvalue weighted by Crippen LogP contribution is -1.95. The van der Waals surface area contributed by atoms with E-state index in [4.69, 9.17) is 0 Å². The van der Waals surface area contributed by atoms with Gasteiger partial charge in [-0.3, -0.25) is 4.99 Å². The van der Waals surface area contributed by atoms with E-state index in [2.05, 4.69) is 18.1 Å². The Morgan fingerprint density at radius 3 is 2.57 bits per heavy atom. The largest absolute Gasteiger partial charge is 0.293 e. The van der Waals surface area contributed by atoms with Gasteiger partial charge in [0.1, 0.15) is 0 Å². The third-order valence-corrected chi connectivity index (χ3v) is 2.09. The van der Waals surface area contributed by atoms with Crippen LogP contribution in [-0.2, 0) is 0 Å². The molecule has 0 amide bonds. The maximum Gasteiger partial charge on any atom is 0.0611 e. The fraction of sp³-hybridized carbons (Fsp3) is 0.833. The SMILES string of the molecule is CCC1C2C=NC21. The van der Waals surface area contributed by atoms with Gasteiger partial charge in [0.25, 0.3) is 0 Å². The average molecular weight is 95.1 g/mol. The molecule has 38 valence electrons. The van der Waals surface area contributed by atoms with Crippen molar-refractivity contribution in [1.29, 1.82) is 0 Å². The number of fused-ring (bicyclic) bond motifs is 1. The van der Waals surface area contributed by atoms with Crippen LogP contribution in [0.2, 0.25) is 0 Å². The molecular formula is C6H9N. The molecule has 0 saturated heterocycles. The third kappa shape index (κ3) is 0.275. The maximum atomic E-state index is 4.17. The lowest BCUT2D eigenvalue weighted by molar-refractivity contribution is 0.764. The molecule has 1 heteroatoms. The number of aliphatic imine (C=N–C) groups is 1. The van der Waals surface area contributed by atoms with Gasteiger partial charge in [-0.2, -0.15) is 0 Å². The predicted octanol–water partition coefficient (Wildman–Crippen LogP) is 1.10. The van der Waals surface area contributed by atoms with Gasteiger partial charge < -0.3 is 0 Å². The molecule has 0 N–H and O–H groups in total. The van der Waals surface area contributed by atoms with Crippen molar-refractivity contribution in [2.45, 2.75) is 19.4 Å². The summed E-state index contributed by atoms with van der Waals surface area (Å²) >= 11 is 0. The average Bonchev–Trinajstić information content (AvgIpc) is 2.07. The van der Waals surface area contributed by atoms with E-state index in [9.17, 15) is 0 Å². The fourth-order valence-electron chi connectivity index (χ4n) is 1.40. The van der Waals surface area contributed by atoms with Crippen LogP contribution in [0.15, 0.2) is 4.99 Å². The number of hydrogen-bond acceptors (Lipinski definition) is 1. The van der Waals surface area contributed by atoms with Crippen molar-refractivity contribution in [3.8, 4) is 0 Å². The molecule has 0 bridgehead atoms. The van der Waals surface area contributed by atoms with Crippen LogP contribution in [0, 0.1) is 11.8 Å². The van der Waals surface area contributed by atoms with Gasteiger partial charge in [0, 0.05) is 12.1 Å². The number of hydrogen-bond donors (Lipinski definition) is 0. The van der Waals surface area contributed by atoms with Crippen molar-refractivity contribution in [2.75, 3.05) is 0 Å². The summed E-state index contributed by atoms with van der Waals surface area (Å²) in [7, 11) is 0. The number of rotatable bonds is 1. The quantitative estimate of drug-likeness (QED) is 0.462. The normalized spacial score (nSPS) is 53.0. The Hall–Kier alpha value is -0.330. The molecule has 1 aliphatic heterocycles. The van der Waals surface area contributed by atoms with Crippen LogP contribution < -0.4 is 0 Å². The predicted molar refractivity (Wildman–Crippen MR) is 29.6 cm³/mol. The molecule has 7 heavy (non-hydrogen) atoms. The summed E-state index contributed by atoms with van der Waals surface area (Å²) in [5.74, 6) is 1.88. The molecular weight excluding hydrogens is 86.1 g/mol. The van der Waals surface area contributed by atoms with Crippen LogP contribution >= 0.6 is 0 Å². The molecule has 3 atom stereocenters. The Bertz CT molecular complexity index is 105. The summed E-state index contributed by atoms with van der Waals surface area (Å²) in [4.78, 5) is 4.17. The van der Waals surface area contributed by atoms with Gasteiger partial charge in [-0.05, 0) is 5.92 Å². The zero-order valence-electron chi connectivity index (χ0n) is 4.46. The Morgan fingerprint density at radius 2 is 2.43 bits per heavy atom. The standard InChI is InChI=1S/C6H9N/c1-2-4-5-3-7-6(4)5/h3-6H,2H2,1H3. The minimum atomic E-state index is 0.782. The first-order valence-corrected chi connectivity index (χ1v) is 2.97. The van der Waals surface area contributed by atoms with Gasteiger partial charge in [-0.15, -0.1) is 0 Å². The van der Waals surface area contributed by atoms with Gasteiger partial charge >= 0.3 is 0 Å². The van der Waals surface area contributed by atoms with Crippen molar-refractivity contribution >= 4 is 6.21 Å². The monoisotopic (exact) mass is 95.1 g/mol. The van der Waals surface area contributed by atoms with Gasteiger partial charge in [0.2, 0.25) is 0 Å². The minimum Gasteiger partial charge on any atom is -0.293 e. The lowest BCUT2D eigenvalue weighted by atomic mass is 10.3. The van der Waals surface area contributed by atoms with E-state index >= 15 is 0 Å². The smallest absolute Gasteiger partial charge is 0.0611 e. The molecule has 1 nitrogen and oxygen atoms in total.